The molecule has 3 aromatic carbocycles. The highest BCUT2D eigenvalue weighted by atomic mass is 35.5. The predicted molar refractivity (Wildman–Crippen MR) is 151 cm³/mol. The lowest BCUT2D eigenvalue weighted by Gasteiger charge is -2.10. The van der Waals surface area contributed by atoms with Crippen molar-refractivity contribution in [1.82, 2.24) is 19.5 Å². The zero-order valence-electron chi connectivity index (χ0n) is 21.0. The molecule has 0 bridgehead atoms. The second kappa shape index (κ2) is 11.1. The largest absolute Gasteiger partial charge is 0.473 e. The first-order valence-corrected chi connectivity index (χ1v) is 13.0. The third-order valence-corrected chi connectivity index (χ3v) is 6.76. The van der Waals surface area contributed by atoms with Crippen LogP contribution in [0.1, 0.15) is 22.5 Å². The highest BCUT2D eigenvalue weighted by Gasteiger charge is 2.12. The van der Waals surface area contributed by atoms with Gasteiger partial charge in [0.05, 0.1) is 23.3 Å². The first-order chi connectivity index (χ1) is 19.1. The number of fused-ring (bicyclic) bond motifs is 1. The molecule has 7 heteroatoms. The number of para-hydroxylation sites is 2. The molecule has 0 aliphatic rings. The maximum atomic E-state index is 14.1. The van der Waals surface area contributed by atoms with Crippen LogP contribution in [0.2, 0.25) is 5.02 Å². The van der Waals surface area contributed by atoms with E-state index in [-0.39, 0.29) is 6.61 Å². The van der Waals surface area contributed by atoms with Crippen LogP contribution >= 0.6 is 11.6 Å². The highest BCUT2D eigenvalue weighted by Crippen LogP contribution is 2.24. The van der Waals surface area contributed by atoms with Crippen molar-refractivity contribution >= 4 is 22.6 Å². The van der Waals surface area contributed by atoms with Gasteiger partial charge in [0.2, 0.25) is 5.88 Å². The summed E-state index contributed by atoms with van der Waals surface area (Å²) in [7, 11) is 0. The Morgan fingerprint density at radius 1 is 0.821 bits per heavy atom. The average Bonchev–Trinajstić information content (AvgIpc) is 3.30. The number of benzene rings is 3. The summed E-state index contributed by atoms with van der Waals surface area (Å²) >= 11 is 5.84. The molecule has 3 aromatic heterocycles. The van der Waals surface area contributed by atoms with Gasteiger partial charge in [0.1, 0.15) is 18.2 Å². The number of hydrogen-bond acceptors (Lipinski definition) is 4. The molecule has 192 valence electrons. The Morgan fingerprint density at radius 2 is 1.69 bits per heavy atom. The molecule has 0 saturated carbocycles. The summed E-state index contributed by atoms with van der Waals surface area (Å²) in [5.74, 6) is 1.02. The smallest absolute Gasteiger partial charge is 0.214 e. The minimum atomic E-state index is -0.400. The summed E-state index contributed by atoms with van der Waals surface area (Å²) in [5.41, 5.74) is 6.52. The number of aromatic nitrogens is 4. The number of imidazole rings is 1. The van der Waals surface area contributed by atoms with E-state index in [2.05, 4.69) is 50.9 Å². The molecule has 6 rings (SSSR count). The Bertz CT molecular complexity index is 1740. The fourth-order valence-corrected chi connectivity index (χ4v) is 4.69. The number of pyridine rings is 2. The van der Waals surface area contributed by atoms with E-state index < -0.39 is 5.82 Å². The molecular weight excluding hydrogens is 511 g/mol. The molecule has 5 nitrogen and oxygen atoms in total. The van der Waals surface area contributed by atoms with E-state index in [1.807, 2.05) is 42.6 Å². The van der Waals surface area contributed by atoms with E-state index in [4.69, 9.17) is 21.3 Å². The normalized spacial score (nSPS) is 11.1. The quantitative estimate of drug-likeness (QED) is 0.203. The van der Waals surface area contributed by atoms with E-state index in [9.17, 15) is 4.39 Å². The average molecular weight is 535 g/mol. The van der Waals surface area contributed by atoms with E-state index in [1.165, 1.54) is 6.07 Å². The second-order valence-electron chi connectivity index (χ2n) is 9.22. The minimum absolute atomic E-state index is 0.0679. The van der Waals surface area contributed by atoms with Crippen molar-refractivity contribution in [3.63, 3.8) is 0 Å². The monoisotopic (exact) mass is 534 g/mol. The molecule has 0 spiro atoms. The van der Waals surface area contributed by atoms with E-state index >= 15 is 0 Å². The van der Waals surface area contributed by atoms with Gasteiger partial charge >= 0.3 is 0 Å². The molecule has 0 amide bonds. The zero-order valence-corrected chi connectivity index (χ0v) is 21.7. The maximum Gasteiger partial charge on any atom is 0.214 e. The first-order valence-electron chi connectivity index (χ1n) is 12.6. The number of hydrogen-bond donors (Lipinski definition) is 0. The van der Waals surface area contributed by atoms with Crippen molar-refractivity contribution < 1.29 is 9.13 Å². The SMILES string of the molecule is Fc1cc(Cl)ccc1COc1cccc(-c2ccc(Cc3nc4ccccc4n3Cc3cccnc3)cc2)n1. The van der Waals surface area contributed by atoms with Crippen LogP contribution < -0.4 is 4.74 Å². The van der Waals surface area contributed by atoms with Crippen molar-refractivity contribution in [2.75, 3.05) is 0 Å². The van der Waals surface area contributed by atoms with Crippen LogP contribution in [-0.2, 0) is 19.6 Å². The van der Waals surface area contributed by atoms with Gasteiger partial charge in [0.25, 0.3) is 0 Å². The van der Waals surface area contributed by atoms with Crippen LogP contribution in [0.25, 0.3) is 22.3 Å². The third kappa shape index (κ3) is 5.66. The van der Waals surface area contributed by atoms with Gasteiger partial charge in [0.15, 0.2) is 0 Å². The Morgan fingerprint density at radius 3 is 2.51 bits per heavy atom. The van der Waals surface area contributed by atoms with Crippen molar-refractivity contribution in [2.24, 2.45) is 0 Å². The van der Waals surface area contributed by atoms with Gasteiger partial charge in [-0.25, -0.2) is 14.4 Å². The molecule has 0 atom stereocenters. The molecule has 6 aromatic rings. The van der Waals surface area contributed by atoms with Crippen LogP contribution in [0, 0.1) is 5.82 Å². The Hall–Kier alpha value is -4.55. The molecule has 0 N–H and O–H groups in total. The van der Waals surface area contributed by atoms with E-state index in [1.54, 1.807) is 24.4 Å². The van der Waals surface area contributed by atoms with Crippen LogP contribution in [0.15, 0.2) is 109 Å². The summed E-state index contributed by atoms with van der Waals surface area (Å²) < 4.78 is 22.1. The first kappa shape index (κ1) is 24.8. The van der Waals surface area contributed by atoms with E-state index in [0.717, 1.165) is 39.2 Å². The van der Waals surface area contributed by atoms with Crippen LogP contribution in [-0.4, -0.2) is 19.5 Å². The van der Waals surface area contributed by atoms with Gasteiger partial charge in [-0.05, 0) is 47.5 Å². The van der Waals surface area contributed by atoms with Gasteiger partial charge in [-0.1, -0.05) is 66.2 Å². The molecule has 0 fully saturated rings. The highest BCUT2D eigenvalue weighted by molar-refractivity contribution is 6.30. The van der Waals surface area contributed by atoms with Crippen LogP contribution in [0.5, 0.6) is 5.88 Å². The summed E-state index contributed by atoms with van der Waals surface area (Å²) in [5, 5.41) is 0.352. The molecule has 0 aliphatic carbocycles. The standard InChI is InChI=1S/C32H24ClFN4O/c33-26-15-14-25(27(34)18-26)21-39-32-9-3-7-28(37-32)24-12-10-22(11-13-24)17-31-36-29-6-1-2-8-30(29)38(31)20-23-5-4-16-35-19-23/h1-16,18-19H,17,20-21H2. The molecule has 0 aliphatic heterocycles. The molecule has 0 saturated heterocycles. The predicted octanol–water partition coefficient (Wildman–Crippen LogP) is 7.50. The Labute approximate surface area is 230 Å². The zero-order chi connectivity index (χ0) is 26.6. The number of ether oxygens (including phenoxy) is 1. The van der Waals surface area contributed by atoms with Crippen LogP contribution in [0.3, 0.4) is 0 Å². The Balaban J connectivity index is 1.20. The summed E-state index contributed by atoms with van der Waals surface area (Å²) in [4.78, 5) is 13.8. The van der Waals surface area contributed by atoms with Crippen molar-refractivity contribution in [1.29, 1.82) is 0 Å². The fraction of sp³-hybridized carbons (Fsp3) is 0.0938. The summed E-state index contributed by atoms with van der Waals surface area (Å²) in [6, 6.07) is 30.6. The lowest BCUT2D eigenvalue weighted by atomic mass is 10.1. The molecule has 0 unspecified atom stereocenters. The topological polar surface area (TPSA) is 52.8 Å². The van der Waals surface area contributed by atoms with Gasteiger partial charge in [-0.2, -0.15) is 0 Å². The number of halogens is 2. The minimum Gasteiger partial charge on any atom is -0.473 e. The summed E-state index contributed by atoms with van der Waals surface area (Å²) in [6.07, 6.45) is 4.37. The second-order valence-corrected chi connectivity index (χ2v) is 9.66. The number of nitrogens with zero attached hydrogens (tertiary/aromatic N) is 4. The van der Waals surface area contributed by atoms with Gasteiger partial charge in [-0.15, -0.1) is 0 Å². The van der Waals surface area contributed by atoms with Crippen molar-refractivity contribution in [3.8, 4) is 17.1 Å². The fourth-order valence-electron chi connectivity index (χ4n) is 4.53. The lowest BCUT2D eigenvalue weighted by Crippen LogP contribution is -2.06. The van der Waals surface area contributed by atoms with Gasteiger partial charge in [-0.3, -0.25) is 4.98 Å². The van der Waals surface area contributed by atoms with Gasteiger partial charge < -0.3 is 9.30 Å². The number of rotatable bonds is 8. The van der Waals surface area contributed by atoms with E-state index in [0.29, 0.717) is 29.4 Å². The van der Waals surface area contributed by atoms with Crippen LogP contribution in [0.4, 0.5) is 4.39 Å². The molecule has 39 heavy (non-hydrogen) atoms. The van der Waals surface area contributed by atoms with Crippen molar-refractivity contribution in [3.05, 3.63) is 143 Å². The molecule has 3 heterocycles. The Kier molecular flexibility index (Phi) is 7.02. The van der Waals surface area contributed by atoms with Gasteiger partial charge in [0, 0.05) is 41.0 Å². The lowest BCUT2D eigenvalue weighted by molar-refractivity contribution is 0.288. The maximum absolute atomic E-state index is 14.1. The summed E-state index contributed by atoms with van der Waals surface area (Å²) in [6.45, 7) is 0.775. The molecular formula is C32H24ClFN4O. The third-order valence-electron chi connectivity index (χ3n) is 6.52. The van der Waals surface area contributed by atoms with Crippen molar-refractivity contribution in [2.45, 2.75) is 19.6 Å². The molecule has 0 radical (unpaired) electrons.